The number of fused-ring (bicyclic) bond motifs is 2. The molecule has 0 saturated heterocycles. The number of anilines is 1. The van der Waals surface area contributed by atoms with Gasteiger partial charge < -0.3 is 5.11 Å². The van der Waals surface area contributed by atoms with Crippen LogP contribution in [0, 0.1) is 0 Å². The van der Waals surface area contributed by atoms with E-state index in [1.54, 1.807) is 24.3 Å². The largest absolute Gasteiger partial charge is 0.481 e. The lowest BCUT2D eigenvalue weighted by Crippen LogP contribution is -2.26. The van der Waals surface area contributed by atoms with Gasteiger partial charge in [-0.2, -0.15) is 0 Å². The van der Waals surface area contributed by atoms with Crippen LogP contribution in [0.15, 0.2) is 52.4 Å². The minimum absolute atomic E-state index is 0.0880. The van der Waals surface area contributed by atoms with Crippen LogP contribution in [-0.4, -0.2) is 38.8 Å². The minimum Gasteiger partial charge on any atom is -0.481 e. The quantitative estimate of drug-likeness (QED) is 0.769. The molecule has 0 unspecified atom stereocenters. The van der Waals surface area contributed by atoms with Crippen molar-refractivity contribution in [2.45, 2.75) is 24.2 Å². The van der Waals surface area contributed by atoms with E-state index in [1.165, 1.54) is 17.4 Å². The summed E-state index contributed by atoms with van der Waals surface area (Å²) in [4.78, 5) is 15.4. The number of nitrogens with zero attached hydrogens (tertiary/aromatic N) is 2. The lowest BCUT2D eigenvalue weighted by Gasteiger charge is -2.19. The molecule has 1 heterocycles. The fraction of sp³-hybridized carbons (Fsp3) is 0.263. The molecule has 1 N–H and O–H groups in total. The average molecular weight is 407 g/mol. The Bertz CT molecular complexity index is 1020. The highest BCUT2D eigenvalue weighted by molar-refractivity contribution is 7.93. The molecule has 142 valence electrons. The molecular formula is C19H19ClN2O4S. The molecule has 3 rings (SSSR count). The summed E-state index contributed by atoms with van der Waals surface area (Å²) in [6.45, 7) is 0.406. The van der Waals surface area contributed by atoms with E-state index < -0.39 is 16.0 Å². The molecule has 0 fully saturated rings. The Morgan fingerprint density at radius 3 is 2.63 bits per heavy atom. The van der Waals surface area contributed by atoms with E-state index in [-0.39, 0.29) is 11.3 Å². The van der Waals surface area contributed by atoms with Gasteiger partial charge in [0.2, 0.25) is 0 Å². The van der Waals surface area contributed by atoms with Crippen molar-refractivity contribution in [3.8, 4) is 0 Å². The highest BCUT2D eigenvalue weighted by Gasteiger charge is 2.32. The zero-order chi connectivity index (χ0) is 19.6. The van der Waals surface area contributed by atoms with Gasteiger partial charge in [0.05, 0.1) is 16.3 Å². The first kappa shape index (κ1) is 19.4. The maximum Gasteiger partial charge on any atom is 0.303 e. The topological polar surface area (TPSA) is 87.0 Å². The van der Waals surface area contributed by atoms with E-state index >= 15 is 0 Å². The SMILES string of the molecule is CN1c2ccccc2C(=NCCCCC(=O)O)c2ccc(Cl)cc2S1(=O)=O. The summed E-state index contributed by atoms with van der Waals surface area (Å²) < 4.78 is 27.4. The normalized spacial score (nSPS) is 16.5. The van der Waals surface area contributed by atoms with E-state index in [0.717, 1.165) is 0 Å². The summed E-state index contributed by atoms with van der Waals surface area (Å²) in [6, 6.07) is 11.9. The zero-order valence-corrected chi connectivity index (χ0v) is 16.3. The first-order valence-electron chi connectivity index (χ1n) is 8.47. The van der Waals surface area contributed by atoms with Crippen LogP contribution >= 0.6 is 11.6 Å². The number of carboxylic acids is 1. The van der Waals surface area contributed by atoms with Crippen LogP contribution in [0.4, 0.5) is 5.69 Å². The molecule has 0 aliphatic carbocycles. The molecule has 0 spiro atoms. The summed E-state index contributed by atoms with van der Waals surface area (Å²) in [5.74, 6) is -0.838. The number of hydrogen-bond acceptors (Lipinski definition) is 4. The molecule has 1 aliphatic rings. The Labute approximate surface area is 163 Å². The number of aliphatic imine (C=N–C) groups is 1. The van der Waals surface area contributed by atoms with E-state index in [2.05, 4.69) is 4.99 Å². The monoisotopic (exact) mass is 406 g/mol. The Balaban J connectivity index is 2.12. The van der Waals surface area contributed by atoms with Crippen LogP contribution in [0.3, 0.4) is 0 Å². The van der Waals surface area contributed by atoms with Crippen molar-refractivity contribution in [3.63, 3.8) is 0 Å². The van der Waals surface area contributed by atoms with E-state index in [4.69, 9.17) is 16.7 Å². The molecule has 0 aromatic heterocycles. The summed E-state index contributed by atoms with van der Waals surface area (Å²) in [5.41, 5.74) is 2.31. The maximum atomic E-state index is 13.1. The smallest absolute Gasteiger partial charge is 0.303 e. The minimum atomic E-state index is -3.78. The van der Waals surface area contributed by atoms with Gasteiger partial charge in [-0.25, -0.2) is 8.42 Å². The number of rotatable bonds is 5. The molecule has 0 radical (unpaired) electrons. The van der Waals surface area contributed by atoms with Crippen molar-refractivity contribution < 1.29 is 18.3 Å². The zero-order valence-electron chi connectivity index (χ0n) is 14.7. The molecular weight excluding hydrogens is 388 g/mol. The van der Waals surface area contributed by atoms with Gasteiger partial charge in [-0.1, -0.05) is 29.8 Å². The summed E-state index contributed by atoms with van der Waals surface area (Å²) in [5, 5.41) is 9.08. The first-order valence-corrected chi connectivity index (χ1v) is 10.3. The number of carboxylic acid groups (broad SMARTS) is 1. The van der Waals surface area contributed by atoms with Gasteiger partial charge in [-0.3, -0.25) is 14.1 Å². The first-order chi connectivity index (χ1) is 12.8. The third-order valence-corrected chi connectivity index (χ3v) is 6.45. The lowest BCUT2D eigenvalue weighted by atomic mass is 10.0. The van der Waals surface area contributed by atoms with Crippen LogP contribution in [0.5, 0.6) is 0 Å². The molecule has 2 aromatic carbocycles. The van der Waals surface area contributed by atoms with Gasteiger partial charge in [0.15, 0.2) is 0 Å². The van der Waals surface area contributed by atoms with Gasteiger partial charge in [0, 0.05) is 36.2 Å². The highest BCUT2D eigenvalue weighted by atomic mass is 35.5. The molecule has 6 nitrogen and oxygen atoms in total. The predicted molar refractivity (Wildman–Crippen MR) is 105 cm³/mol. The fourth-order valence-electron chi connectivity index (χ4n) is 3.03. The number of para-hydroxylation sites is 1. The molecule has 27 heavy (non-hydrogen) atoms. The van der Waals surface area contributed by atoms with E-state index in [9.17, 15) is 13.2 Å². The van der Waals surface area contributed by atoms with Gasteiger partial charge >= 0.3 is 5.97 Å². The lowest BCUT2D eigenvalue weighted by molar-refractivity contribution is -0.137. The Morgan fingerprint density at radius 1 is 1.15 bits per heavy atom. The van der Waals surface area contributed by atoms with Crippen molar-refractivity contribution in [2.75, 3.05) is 17.9 Å². The number of unbranched alkanes of at least 4 members (excludes halogenated alkanes) is 1. The molecule has 2 aromatic rings. The number of carbonyl (C=O) groups is 1. The summed E-state index contributed by atoms with van der Waals surface area (Å²) in [7, 11) is -2.27. The van der Waals surface area contributed by atoms with Crippen LogP contribution in [-0.2, 0) is 14.8 Å². The van der Waals surface area contributed by atoms with Crippen molar-refractivity contribution in [2.24, 2.45) is 4.99 Å². The van der Waals surface area contributed by atoms with Gasteiger partial charge in [0.1, 0.15) is 0 Å². The van der Waals surface area contributed by atoms with Crippen molar-refractivity contribution >= 4 is 39.0 Å². The second kappa shape index (κ2) is 7.70. The van der Waals surface area contributed by atoms with Gasteiger partial charge in [-0.15, -0.1) is 0 Å². The highest BCUT2D eigenvalue weighted by Crippen LogP contribution is 2.35. The van der Waals surface area contributed by atoms with E-state index in [1.807, 2.05) is 12.1 Å². The predicted octanol–water partition coefficient (Wildman–Crippen LogP) is 3.57. The Kier molecular flexibility index (Phi) is 5.53. The molecule has 0 bridgehead atoms. The second-order valence-corrected chi connectivity index (χ2v) is 8.59. The molecule has 0 saturated carbocycles. The maximum absolute atomic E-state index is 13.1. The van der Waals surface area contributed by atoms with Crippen LogP contribution < -0.4 is 4.31 Å². The van der Waals surface area contributed by atoms with Crippen LogP contribution in [0.1, 0.15) is 30.4 Å². The van der Waals surface area contributed by atoms with E-state index in [0.29, 0.717) is 46.9 Å². The van der Waals surface area contributed by atoms with Gasteiger partial charge in [0.25, 0.3) is 10.0 Å². The van der Waals surface area contributed by atoms with Crippen molar-refractivity contribution in [3.05, 3.63) is 58.6 Å². The fourth-order valence-corrected chi connectivity index (χ4v) is 4.69. The number of halogens is 1. The molecule has 0 atom stereocenters. The number of hydrogen-bond donors (Lipinski definition) is 1. The van der Waals surface area contributed by atoms with Crippen LogP contribution in [0.2, 0.25) is 5.02 Å². The van der Waals surface area contributed by atoms with Crippen molar-refractivity contribution in [1.29, 1.82) is 0 Å². The van der Waals surface area contributed by atoms with Crippen molar-refractivity contribution in [1.82, 2.24) is 0 Å². The third kappa shape index (κ3) is 3.84. The summed E-state index contributed by atoms with van der Waals surface area (Å²) in [6.07, 6.45) is 1.20. The summed E-state index contributed by atoms with van der Waals surface area (Å²) >= 11 is 6.06. The Morgan fingerprint density at radius 2 is 1.89 bits per heavy atom. The molecule has 1 aliphatic heterocycles. The number of aliphatic carboxylic acids is 1. The standard InChI is InChI=1S/C19H19ClN2O4S/c1-22-16-7-3-2-6-14(16)19(21-11-5-4-8-18(23)24)15-10-9-13(20)12-17(15)27(22,25)26/h2-3,6-7,9-10,12H,4-5,8,11H2,1H3,(H,23,24). The molecule has 0 amide bonds. The van der Waals surface area contributed by atoms with Gasteiger partial charge in [-0.05, 0) is 37.1 Å². The third-order valence-electron chi connectivity index (χ3n) is 4.40. The Hall–Kier alpha value is -2.38. The average Bonchev–Trinajstić information content (AvgIpc) is 2.70. The molecule has 8 heteroatoms. The second-order valence-electron chi connectivity index (χ2n) is 6.21. The number of sulfonamides is 1. The van der Waals surface area contributed by atoms with Crippen LogP contribution in [0.25, 0.3) is 0 Å². The number of benzene rings is 2.